The molecule has 0 unspecified atom stereocenters. The number of carbonyl (C=O) groups is 2. The molecular weight excluding hydrogens is 376 g/mol. The first-order chi connectivity index (χ1) is 13.4. The highest BCUT2D eigenvalue weighted by Gasteiger charge is 2.30. The summed E-state index contributed by atoms with van der Waals surface area (Å²) in [6.45, 7) is 5.00. The van der Waals surface area contributed by atoms with Crippen molar-refractivity contribution in [3.05, 3.63) is 64.7 Å². The van der Waals surface area contributed by atoms with E-state index in [0.29, 0.717) is 28.5 Å². The van der Waals surface area contributed by atoms with Gasteiger partial charge in [0.15, 0.2) is 0 Å². The summed E-state index contributed by atoms with van der Waals surface area (Å²) in [7, 11) is 0. The molecule has 1 N–H and O–H groups in total. The molecule has 148 valence electrons. The number of nitrogens with zero attached hydrogens (tertiary/aromatic N) is 1. The number of likely N-dealkylation sites (tertiary alicyclic amines) is 1. The van der Waals surface area contributed by atoms with Gasteiger partial charge in [0.05, 0.1) is 6.04 Å². The van der Waals surface area contributed by atoms with Crippen LogP contribution in [0.25, 0.3) is 0 Å². The maximum Gasteiger partial charge on any atom is 0.254 e. The van der Waals surface area contributed by atoms with E-state index in [9.17, 15) is 9.59 Å². The summed E-state index contributed by atoms with van der Waals surface area (Å²) in [6.07, 6.45) is 1.87. The maximum absolute atomic E-state index is 12.8. The van der Waals surface area contributed by atoms with E-state index in [2.05, 4.69) is 5.32 Å². The fourth-order valence-electron chi connectivity index (χ4n) is 3.28. The number of halogens is 1. The van der Waals surface area contributed by atoms with Gasteiger partial charge < -0.3 is 15.0 Å². The molecule has 0 spiro atoms. The highest BCUT2D eigenvalue weighted by atomic mass is 35.5. The molecule has 5 nitrogen and oxygen atoms in total. The van der Waals surface area contributed by atoms with E-state index < -0.39 is 0 Å². The molecule has 1 atom stereocenters. The molecule has 1 fully saturated rings. The smallest absolute Gasteiger partial charge is 0.254 e. The van der Waals surface area contributed by atoms with Gasteiger partial charge in [-0.05, 0) is 75.2 Å². The molecule has 3 rings (SSSR count). The predicted octanol–water partition coefficient (Wildman–Crippen LogP) is 4.16. The highest BCUT2D eigenvalue weighted by molar-refractivity contribution is 6.30. The second-order valence-corrected chi connectivity index (χ2v) is 7.70. The number of hydrogen-bond acceptors (Lipinski definition) is 3. The predicted molar refractivity (Wildman–Crippen MR) is 110 cm³/mol. The molecule has 0 aromatic heterocycles. The number of hydrogen-bond donors (Lipinski definition) is 1. The largest absolute Gasteiger partial charge is 0.491 e. The number of nitrogens with one attached hydrogen (secondary N) is 1. The number of carbonyl (C=O) groups excluding carboxylic acids is 2. The van der Waals surface area contributed by atoms with Crippen molar-refractivity contribution in [2.75, 3.05) is 13.2 Å². The lowest BCUT2D eigenvalue weighted by Crippen LogP contribution is -2.39. The Bertz CT molecular complexity index is 819. The summed E-state index contributed by atoms with van der Waals surface area (Å²) in [4.78, 5) is 26.6. The Kier molecular flexibility index (Phi) is 6.57. The van der Waals surface area contributed by atoms with Crippen molar-refractivity contribution in [2.24, 2.45) is 0 Å². The van der Waals surface area contributed by atoms with Crippen LogP contribution in [0, 0.1) is 0 Å². The number of rotatable bonds is 6. The summed E-state index contributed by atoms with van der Waals surface area (Å²) in [6, 6.07) is 14.2. The van der Waals surface area contributed by atoms with Crippen LogP contribution in [0.1, 0.15) is 47.4 Å². The minimum absolute atomic E-state index is 0.00321. The molecule has 6 heteroatoms. The van der Waals surface area contributed by atoms with Gasteiger partial charge in [-0.1, -0.05) is 11.6 Å². The fraction of sp³-hybridized carbons (Fsp3) is 0.364. The summed E-state index contributed by atoms with van der Waals surface area (Å²) in [5.41, 5.74) is 1.23. The topological polar surface area (TPSA) is 58.6 Å². The molecule has 1 aliphatic rings. The van der Waals surface area contributed by atoms with E-state index in [4.69, 9.17) is 16.3 Å². The first-order valence-electron chi connectivity index (χ1n) is 9.54. The zero-order valence-electron chi connectivity index (χ0n) is 16.2. The van der Waals surface area contributed by atoms with E-state index in [1.807, 2.05) is 18.7 Å². The van der Waals surface area contributed by atoms with Crippen LogP contribution in [0.2, 0.25) is 5.02 Å². The summed E-state index contributed by atoms with van der Waals surface area (Å²) >= 11 is 5.91. The van der Waals surface area contributed by atoms with Crippen molar-refractivity contribution >= 4 is 23.4 Å². The van der Waals surface area contributed by atoms with Crippen LogP contribution in [-0.2, 0) is 0 Å². The molecule has 2 amide bonds. The standard InChI is InChI=1S/C22H25ClN2O3/c1-15(2)24-21(26)16-7-11-20(12-8-16)28-14-19-4-3-13-25(19)22(27)17-5-9-18(23)10-6-17/h5-12,15,19H,3-4,13-14H2,1-2H3,(H,24,26)/t19-/m0/s1. The molecule has 0 bridgehead atoms. The molecule has 2 aromatic carbocycles. The van der Waals surface area contributed by atoms with Crippen LogP contribution in [0.5, 0.6) is 5.75 Å². The van der Waals surface area contributed by atoms with Crippen LogP contribution in [-0.4, -0.2) is 41.9 Å². The van der Waals surface area contributed by atoms with Crippen molar-refractivity contribution in [2.45, 2.75) is 38.8 Å². The van der Waals surface area contributed by atoms with Crippen LogP contribution in [0.15, 0.2) is 48.5 Å². The molecule has 0 saturated carbocycles. The molecule has 1 aliphatic heterocycles. The minimum Gasteiger partial charge on any atom is -0.491 e. The summed E-state index contributed by atoms with van der Waals surface area (Å²) in [5.74, 6) is 0.590. The average molecular weight is 401 g/mol. The Morgan fingerprint density at radius 3 is 2.39 bits per heavy atom. The SMILES string of the molecule is CC(C)NC(=O)c1ccc(OC[C@@H]2CCCN2C(=O)c2ccc(Cl)cc2)cc1. The van der Waals surface area contributed by atoms with E-state index in [0.717, 1.165) is 19.4 Å². The lowest BCUT2D eigenvalue weighted by atomic mass is 10.1. The third-order valence-corrected chi connectivity index (χ3v) is 4.96. The van der Waals surface area contributed by atoms with Gasteiger partial charge in [-0.15, -0.1) is 0 Å². The Balaban J connectivity index is 1.58. The zero-order chi connectivity index (χ0) is 20.1. The zero-order valence-corrected chi connectivity index (χ0v) is 16.9. The summed E-state index contributed by atoms with van der Waals surface area (Å²) in [5, 5.41) is 3.47. The van der Waals surface area contributed by atoms with Gasteiger partial charge in [0.25, 0.3) is 11.8 Å². The Hall–Kier alpha value is -2.53. The molecule has 1 saturated heterocycles. The monoisotopic (exact) mass is 400 g/mol. The fourth-order valence-corrected chi connectivity index (χ4v) is 3.40. The number of benzene rings is 2. The molecule has 28 heavy (non-hydrogen) atoms. The van der Waals surface area contributed by atoms with Crippen LogP contribution < -0.4 is 10.1 Å². The van der Waals surface area contributed by atoms with Crippen LogP contribution in [0.3, 0.4) is 0 Å². The second kappa shape index (κ2) is 9.11. The number of ether oxygens (including phenoxy) is 1. The maximum atomic E-state index is 12.8. The molecule has 1 heterocycles. The lowest BCUT2D eigenvalue weighted by molar-refractivity contribution is 0.0691. The van der Waals surface area contributed by atoms with Gasteiger partial charge in [-0.2, -0.15) is 0 Å². The van der Waals surface area contributed by atoms with E-state index in [1.165, 1.54) is 0 Å². The van der Waals surface area contributed by atoms with Crippen molar-refractivity contribution in [3.8, 4) is 5.75 Å². The summed E-state index contributed by atoms with van der Waals surface area (Å²) < 4.78 is 5.89. The third-order valence-electron chi connectivity index (χ3n) is 4.71. The first kappa shape index (κ1) is 20.2. The highest BCUT2D eigenvalue weighted by Crippen LogP contribution is 2.22. The van der Waals surface area contributed by atoms with Gasteiger partial charge in [-0.3, -0.25) is 9.59 Å². The van der Waals surface area contributed by atoms with E-state index in [-0.39, 0.29) is 23.9 Å². The second-order valence-electron chi connectivity index (χ2n) is 7.27. The third kappa shape index (κ3) is 5.04. The molecular formula is C22H25ClN2O3. The van der Waals surface area contributed by atoms with E-state index in [1.54, 1.807) is 48.5 Å². The molecule has 2 aromatic rings. The van der Waals surface area contributed by atoms with Crippen LogP contribution >= 0.6 is 11.6 Å². The average Bonchev–Trinajstić information content (AvgIpc) is 3.15. The van der Waals surface area contributed by atoms with Crippen molar-refractivity contribution < 1.29 is 14.3 Å². The van der Waals surface area contributed by atoms with Gasteiger partial charge in [0, 0.05) is 28.7 Å². The van der Waals surface area contributed by atoms with Gasteiger partial charge >= 0.3 is 0 Å². The normalized spacial score (nSPS) is 16.3. The molecule has 0 aliphatic carbocycles. The van der Waals surface area contributed by atoms with Gasteiger partial charge in [0.1, 0.15) is 12.4 Å². The minimum atomic E-state index is -0.0999. The van der Waals surface area contributed by atoms with E-state index >= 15 is 0 Å². The first-order valence-corrected chi connectivity index (χ1v) is 9.92. The lowest BCUT2D eigenvalue weighted by Gasteiger charge is -2.25. The Labute approximate surface area is 170 Å². The molecule has 0 radical (unpaired) electrons. The van der Waals surface area contributed by atoms with Crippen molar-refractivity contribution in [1.29, 1.82) is 0 Å². The van der Waals surface area contributed by atoms with Crippen LogP contribution in [0.4, 0.5) is 0 Å². The van der Waals surface area contributed by atoms with Gasteiger partial charge in [0.2, 0.25) is 0 Å². The Morgan fingerprint density at radius 2 is 1.75 bits per heavy atom. The van der Waals surface area contributed by atoms with Gasteiger partial charge in [-0.25, -0.2) is 0 Å². The number of amides is 2. The van der Waals surface area contributed by atoms with Crippen molar-refractivity contribution in [3.63, 3.8) is 0 Å². The Morgan fingerprint density at radius 1 is 1.11 bits per heavy atom. The quantitative estimate of drug-likeness (QED) is 0.791. The van der Waals surface area contributed by atoms with Crippen molar-refractivity contribution in [1.82, 2.24) is 10.2 Å².